The smallest absolute Gasteiger partial charge is 0.309 e. The fourth-order valence-electron chi connectivity index (χ4n) is 1.17. The Hall–Kier alpha value is -0.530. The highest BCUT2D eigenvalue weighted by Gasteiger charge is 1.93. The highest BCUT2D eigenvalue weighted by molar-refractivity contribution is 5.46. The minimum Gasteiger partial charge on any atom is -0.348 e. The van der Waals surface area contributed by atoms with Gasteiger partial charge in [0.2, 0.25) is 0 Å². The van der Waals surface area contributed by atoms with Gasteiger partial charge in [-0.05, 0) is 12.3 Å². The number of hydrogen-bond acceptors (Lipinski definition) is 1. The Balaban J connectivity index is 2.86. The van der Waals surface area contributed by atoms with Gasteiger partial charge < -0.3 is 5.32 Å². The predicted molar refractivity (Wildman–Crippen MR) is 51.6 cm³/mol. The summed E-state index contributed by atoms with van der Waals surface area (Å²) in [6.45, 7) is 5.29. The van der Waals surface area contributed by atoms with Crippen molar-refractivity contribution >= 4 is 6.41 Å². The summed E-state index contributed by atoms with van der Waals surface area (Å²) in [5.74, 6) is 0.825. The van der Waals surface area contributed by atoms with E-state index < -0.39 is 0 Å². The van der Waals surface area contributed by atoms with E-state index in [-0.39, 0.29) is 0 Å². The average molecular weight is 170 g/mol. The Bertz CT molecular complexity index is 102. The zero-order valence-corrected chi connectivity index (χ0v) is 8.23. The van der Waals surface area contributed by atoms with Gasteiger partial charge in [0, 0.05) is 6.54 Å². The minimum atomic E-state index is 0.783. The van der Waals surface area contributed by atoms with Gasteiger partial charge in [0.25, 0.3) is 0 Å². The Morgan fingerprint density at radius 1 is 1.17 bits per heavy atom. The van der Waals surface area contributed by atoms with Gasteiger partial charge in [-0.1, -0.05) is 39.5 Å². The topological polar surface area (TPSA) is 29.1 Å². The molecule has 0 aromatic heterocycles. The molecular weight excluding hydrogens is 150 g/mol. The summed E-state index contributed by atoms with van der Waals surface area (Å²) in [5.41, 5.74) is 0. The van der Waals surface area contributed by atoms with E-state index in [1.54, 1.807) is 6.41 Å². The zero-order chi connectivity index (χ0) is 9.23. The largest absolute Gasteiger partial charge is 0.348 e. The molecule has 0 aliphatic rings. The number of amides is 1. The minimum absolute atomic E-state index is 0.783. The molecule has 0 fully saturated rings. The van der Waals surface area contributed by atoms with Crippen LogP contribution in [0.2, 0.25) is 0 Å². The van der Waals surface area contributed by atoms with Crippen molar-refractivity contribution in [2.75, 3.05) is 6.54 Å². The Labute approximate surface area is 75.7 Å². The lowest BCUT2D eigenvalue weighted by atomic mass is 10.0. The van der Waals surface area contributed by atoms with E-state index in [0.717, 1.165) is 18.9 Å². The molecule has 0 rings (SSSR count). The molecule has 0 aliphatic heterocycles. The lowest BCUT2D eigenvalue weighted by molar-refractivity contribution is 0.513. The van der Waals surface area contributed by atoms with Crippen LogP contribution in [0, 0.1) is 5.92 Å². The molecule has 0 aromatic carbocycles. The molecule has 0 aliphatic carbocycles. The van der Waals surface area contributed by atoms with Crippen molar-refractivity contribution in [2.45, 2.75) is 46.0 Å². The first-order chi connectivity index (χ1) is 5.77. The summed E-state index contributed by atoms with van der Waals surface area (Å²) in [7, 11) is 0. The lowest BCUT2D eigenvalue weighted by Crippen LogP contribution is -2.11. The highest BCUT2D eigenvalue weighted by Crippen LogP contribution is 2.08. The van der Waals surface area contributed by atoms with Gasteiger partial charge in [-0.3, -0.25) is 4.79 Å². The van der Waals surface area contributed by atoms with Crippen LogP contribution in [-0.2, 0) is 4.79 Å². The Morgan fingerprint density at radius 2 is 1.83 bits per heavy atom. The predicted octanol–water partition coefficient (Wildman–Crippen LogP) is 2.25. The molecule has 2 heteroatoms. The molecule has 1 N–H and O–H groups in total. The van der Waals surface area contributed by atoms with E-state index in [0.29, 0.717) is 0 Å². The van der Waals surface area contributed by atoms with Crippen LogP contribution in [0.1, 0.15) is 46.0 Å². The second-order valence-corrected chi connectivity index (χ2v) is 3.63. The normalized spacial score (nSPS) is 10.2. The SMILES string of the molecule is CC(C)CCCCCCN[C]=O. The number of hydrogen-bond donors (Lipinski definition) is 1. The molecule has 0 unspecified atom stereocenters. The van der Waals surface area contributed by atoms with Crippen molar-refractivity contribution in [3.8, 4) is 0 Å². The summed E-state index contributed by atoms with van der Waals surface area (Å²) >= 11 is 0. The molecule has 12 heavy (non-hydrogen) atoms. The van der Waals surface area contributed by atoms with Gasteiger partial charge in [-0.15, -0.1) is 0 Å². The maximum absolute atomic E-state index is 9.75. The van der Waals surface area contributed by atoms with Crippen molar-refractivity contribution < 1.29 is 4.79 Å². The second-order valence-electron chi connectivity index (χ2n) is 3.63. The molecule has 0 aromatic rings. The number of nitrogens with one attached hydrogen (secondary N) is 1. The summed E-state index contributed by atoms with van der Waals surface area (Å²) in [4.78, 5) is 9.75. The fourth-order valence-corrected chi connectivity index (χ4v) is 1.17. The van der Waals surface area contributed by atoms with Gasteiger partial charge in [0.1, 0.15) is 0 Å². The van der Waals surface area contributed by atoms with Gasteiger partial charge in [-0.2, -0.15) is 0 Å². The van der Waals surface area contributed by atoms with Crippen molar-refractivity contribution in [3.63, 3.8) is 0 Å². The van der Waals surface area contributed by atoms with Crippen LogP contribution in [0.15, 0.2) is 0 Å². The van der Waals surface area contributed by atoms with E-state index in [4.69, 9.17) is 0 Å². The maximum atomic E-state index is 9.75. The number of carbonyl (C=O) groups excluding carboxylic acids is 1. The third-order valence-corrected chi connectivity index (χ3v) is 1.91. The molecular formula is C10H20NO. The Kier molecular flexibility index (Phi) is 8.19. The van der Waals surface area contributed by atoms with Crippen LogP contribution in [0.5, 0.6) is 0 Å². The van der Waals surface area contributed by atoms with E-state index in [1.807, 2.05) is 0 Å². The van der Waals surface area contributed by atoms with E-state index in [2.05, 4.69) is 19.2 Å². The van der Waals surface area contributed by atoms with Crippen LogP contribution in [-0.4, -0.2) is 13.0 Å². The van der Waals surface area contributed by atoms with Crippen molar-refractivity contribution in [3.05, 3.63) is 0 Å². The van der Waals surface area contributed by atoms with Gasteiger partial charge in [0.15, 0.2) is 0 Å². The monoisotopic (exact) mass is 170 g/mol. The third kappa shape index (κ3) is 9.47. The average Bonchev–Trinajstić information content (AvgIpc) is 2.02. The summed E-state index contributed by atoms with van der Waals surface area (Å²) in [5, 5.41) is 2.54. The quantitative estimate of drug-likeness (QED) is 0.439. The zero-order valence-electron chi connectivity index (χ0n) is 8.23. The molecule has 1 radical (unpaired) electrons. The van der Waals surface area contributed by atoms with Gasteiger partial charge >= 0.3 is 6.41 Å². The molecule has 0 saturated carbocycles. The highest BCUT2D eigenvalue weighted by atomic mass is 16.1. The van der Waals surface area contributed by atoms with Gasteiger partial charge in [0.05, 0.1) is 0 Å². The molecule has 0 bridgehead atoms. The van der Waals surface area contributed by atoms with Crippen LogP contribution in [0.25, 0.3) is 0 Å². The summed E-state index contributed by atoms with van der Waals surface area (Å²) in [6, 6.07) is 0. The maximum Gasteiger partial charge on any atom is 0.309 e. The van der Waals surface area contributed by atoms with Crippen molar-refractivity contribution in [1.82, 2.24) is 5.32 Å². The van der Waals surface area contributed by atoms with Gasteiger partial charge in [-0.25, -0.2) is 0 Å². The molecule has 0 spiro atoms. The molecule has 1 amide bonds. The first-order valence-electron chi connectivity index (χ1n) is 4.87. The first kappa shape index (κ1) is 11.5. The van der Waals surface area contributed by atoms with Crippen molar-refractivity contribution in [1.29, 1.82) is 0 Å². The number of unbranched alkanes of at least 4 members (excludes halogenated alkanes) is 3. The lowest BCUT2D eigenvalue weighted by Gasteiger charge is -2.03. The molecule has 2 nitrogen and oxygen atoms in total. The summed E-state index contributed by atoms with van der Waals surface area (Å²) in [6.07, 6.45) is 7.93. The van der Waals surface area contributed by atoms with Crippen LogP contribution in [0.4, 0.5) is 0 Å². The van der Waals surface area contributed by atoms with Crippen LogP contribution < -0.4 is 5.32 Å². The summed E-state index contributed by atoms with van der Waals surface area (Å²) < 4.78 is 0. The fraction of sp³-hybridized carbons (Fsp3) is 0.900. The van der Waals surface area contributed by atoms with Crippen molar-refractivity contribution in [2.24, 2.45) is 5.92 Å². The second kappa shape index (κ2) is 8.57. The molecule has 0 saturated heterocycles. The molecule has 0 heterocycles. The first-order valence-corrected chi connectivity index (χ1v) is 4.87. The Morgan fingerprint density at radius 3 is 2.42 bits per heavy atom. The third-order valence-electron chi connectivity index (χ3n) is 1.91. The standard InChI is InChI=1S/C10H20NO/c1-10(2)7-5-3-4-6-8-11-9-12/h10H,3-8H2,1-2H3,(H,11,12). The molecule has 0 atom stereocenters. The van der Waals surface area contributed by atoms with E-state index in [1.165, 1.54) is 25.7 Å². The van der Waals surface area contributed by atoms with E-state index in [9.17, 15) is 4.79 Å². The van der Waals surface area contributed by atoms with Crippen LogP contribution in [0.3, 0.4) is 0 Å². The van der Waals surface area contributed by atoms with E-state index >= 15 is 0 Å². The molecule has 71 valence electrons. The van der Waals surface area contributed by atoms with Crippen LogP contribution >= 0.6 is 0 Å². The number of rotatable bonds is 8.